The molecule has 3 amide bonds. The number of unbranched alkanes of at least 4 members (excludes halogenated alkanes) is 1. The molecule has 3 aliphatic rings. The van der Waals surface area contributed by atoms with Gasteiger partial charge in [0.05, 0.1) is 25.1 Å². The largest absolute Gasteiger partial charge is 0.495 e. The average Bonchev–Trinajstić information content (AvgIpc) is 2.95. The highest BCUT2D eigenvalue weighted by atomic mass is 19.1. The third-order valence-corrected chi connectivity index (χ3v) is 7.92. The Bertz CT molecular complexity index is 1030. The lowest BCUT2D eigenvalue weighted by Crippen LogP contribution is -2.50. The summed E-state index contributed by atoms with van der Waals surface area (Å²) in [6.07, 6.45) is 4.02. The number of carbonyl (C=O) groups is 3. The molecule has 40 heavy (non-hydrogen) atoms. The smallest absolute Gasteiger partial charge is 0.407 e. The predicted octanol–water partition coefficient (Wildman–Crippen LogP) is 2.16. The van der Waals surface area contributed by atoms with E-state index < -0.39 is 11.9 Å². The van der Waals surface area contributed by atoms with Crippen LogP contribution in [0.5, 0.6) is 5.75 Å². The summed E-state index contributed by atoms with van der Waals surface area (Å²) in [6, 6.07) is 2.60. The number of piperidine rings is 2. The van der Waals surface area contributed by atoms with E-state index in [4.69, 9.17) is 9.47 Å². The Morgan fingerprint density at radius 3 is 2.40 bits per heavy atom. The number of rotatable bonds is 11. The van der Waals surface area contributed by atoms with E-state index in [2.05, 4.69) is 32.7 Å². The molecule has 1 unspecified atom stereocenters. The lowest BCUT2D eigenvalue weighted by molar-refractivity contribution is -0.133. The molecule has 0 aromatic heterocycles. The summed E-state index contributed by atoms with van der Waals surface area (Å²) in [6.45, 7) is 9.43. The fourth-order valence-corrected chi connectivity index (χ4v) is 5.40. The van der Waals surface area contributed by atoms with Crippen molar-refractivity contribution in [3.8, 4) is 5.75 Å². The van der Waals surface area contributed by atoms with Crippen molar-refractivity contribution < 1.29 is 28.2 Å². The van der Waals surface area contributed by atoms with Crippen LogP contribution in [-0.4, -0.2) is 106 Å². The Hall–Kier alpha value is -3.12. The van der Waals surface area contributed by atoms with E-state index in [0.717, 1.165) is 65.0 Å². The number of benzene rings is 1. The zero-order valence-corrected chi connectivity index (χ0v) is 23.7. The van der Waals surface area contributed by atoms with Crippen molar-refractivity contribution in [2.45, 2.75) is 57.5 Å². The topological polar surface area (TPSA) is 115 Å². The van der Waals surface area contributed by atoms with Crippen molar-refractivity contribution >= 4 is 29.3 Å². The molecule has 0 aliphatic carbocycles. The zero-order valence-electron chi connectivity index (χ0n) is 23.7. The van der Waals surface area contributed by atoms with Crippen LogP contribution >= 0.6 is 0 Å². The minimum absolute atomic E-state index is 0.173. The molecule has 3 fully saturated rings. The Kier molecular flexibility index (Phi) is 10.8. The molecular formula is C28H43FN6O5. The van der Waals surface area contributed by atoms with Crippen molar-refractivity contribution in [2.75, 3.05) is 76.3 Å². The van der Waals surface area contributed by atoms with Gasteiger partial charge in [-0.25, -0.2) is 9.18 Å². The number of nitrogens with one attached hydrogen (secondary N) is 3. The van der Waals surface area contributed by atoms with Gasteiger partial charge in [-0.2, -0.15) is 0 Å². The number of carbonyl (C=O) groups excluding carboxylic acids is 3. The molecule has 3 heterocycles. The standard InChI is InChI=1S/C28H43FN6O5/c1-3-4-17-40-28(38)30-20-7-9-33(10-8-20)11-12-34-13-15-35(16-14-34)24-19-25(39-2)23(18-21(24)29)31-22-5-6-26(36)32-27(22)37/h18-20,22,31H,3-17H2,1-2H3,(H,30,38)(H,32,36,37). The van der Waals surface area contributed by atoms with E-state index in [1.165, 1.54) is 13.2 Å². The van der Waals surface area contributed by atoms with Crippen molar-refractivity contribution in [2.24, 2.45) is 0 Å². The Labute approximate surface area is 235 Å². The van der Waals surface area contributed by atoms with Crippen molar-refractivity contribution in [1.29, 1.82) is 0 Å². The molecular weight excluding hydrogens is 519 g/mol. The van der Waals surface area contributed by atoms with Gasteiger partial charge in [-0.15, -0.1) is 0 Å². The van der Waals surface area contributed by atoms with E-state index in [1.807, 2.05) is 4.90 Å². The number of nitrogens with zero attached hydrogens (tertiary/aromatic N) is 3. The van der Waals surface area contributed by atoms with Gasteiger partial charge in [-0.3, -0.25) is 19.8 Å². The fraction of sp³-hybridized carbons (Fsp3) is 0.679. The molecule has 3 saturated heterocycles. The Balaban J connectivity index is 1.20. The summed E-state index contributed by atoms with van der Waals surface area (Å²) in [7, 11) is 1.52. The van der Waals surface area contributed by atoms with Gasteiger partial charge in [-0.1, -0.05) is 13.3 Å². The number of methoxy groups -OCH3 is 1. The summed E-state index contributed by atoms with van der Waals surface area (Å²) in [4.78, 5) is 42.3. The predicted molar refractivity (Wildman–Crippen MR) is 150 cm³/mol. The minimum Gasteiger partial charge on any atom is -0.495 e. The summed E-state index contributed by atoms with van der Waals surface area (Å²) >= 11 is 0. The monoisotopic (exact) mass is 562 g/mol. The van der Waals surface area contributed by atoms with Gasteiger partial charge in [0.15, 0.2) is 0 Å². The summed E-state index contributed by atoms with van der Waals surface area (Å²) in [5, 5.41) is 8.32. The minimum atomic E-state index is -0.616. The molecule has 0 radical (unpaired) electrons. The molecule has 222 valence electrons. The van der Waals surface area contributed by atoms with Crippen LogP contribution in [0.3, 0.4) is 0 Å². The molecule has 1 atom stereocenters. The Morgan fingerprint density at radius 2 is 1.75 bits per heavy atom. The number of amides is 3. The van der Waals surface area contributed by atoms with E-state index in [1.54, 1.807) is 6.07 Å². The molecule has 12 heteroatoms. The second-order valence-corrected chi connectivity index (χ2v) is 10.7. The maximum absolute atomic E-state index is 15.2. The SMILES string of the molecule is CCCCOC(=O)NC1CCN(CCN2CCN(c3cc(OC)c(NC4CCC(=O)NC4=O)cc3F)CC2)CC1. The number of alkyl carbamates (subject to hydrolysis) is 1. The van der Waals surface area contributed by atoms with E-state index >= 15 is 4.39 Å². The highest BCUT2D eigenvalue weighted by Crippen LogP contribution is 2.34. The molecule has 0 saturated carbocycles. The van der Waals surface area contributed by atoms with Crippen LogP contribution in [-0.2, 0) is 14.3 Å². The normalized spacial score (nSPS) is 21.2. The second-order valence-electron chi connectivity index (χ2n) is 10.7. The van der Waals surface area contributed by atoms with E-state index in [9.17, 15) is 14.4 Å². The van der Waals surface area contributed by atoms with E-state index in [-0.39, 0.29) is 30.3 Å². The van der Waals surface area contributed by atoms with Gasteiger partial charge in [0.1, 0.15) is 17.6 Å². The fourth-order valence-electron chi connectivity index (χ4n) is 5.40. The first kappa shape index (κ1) is 29.9. The molecule has 11 nitrogen and oxygen atoms in total. The van der Waals surface area contributed by atoms with Crippen LogP contribution in [0.1, 0.15) is 45.4 Å². The molecule has 0 spiro atoms. The maximum Gasteiger partial charge on any atom is 0.407 e. The van der Waals surface area contributed by atoms with Crippen LogP contribution in [0.4, 0.5) is 20.6 Å². The number of halogens is 1. The third kappa shape index (κ3) is 8.20. The Morgan fingerprint density at radius 1 is 1.05 bits per heavy atom. The maximum atomic E-state index is 15.2. The lowest BCUT2D eigenvalue weighted by atomic mass is 10.1. The van der Waals surface area contributed by atoms with Crippen LogP contribution in [0.2, 0.25) is 0 Å². The first-order valence-corrected chi connectivity index (χ1v) is 14.5. The number of piperazine rings is 1. The second kappa shape index (κ2) is 14.5. The van der Waals surface area contributed by atoms with Gasteiger partial charge in [-0.05, 0) is 25.7 Å². The van der Waals surface area contributed by atoms with E-state index in [0.29, 0.717) is 43.2 Å². The molecule has 0 bridgehead atoms. The molecule has 1 aromatic carbocycles. The number of ether oxygens (including phenoxy) is 2. The van der Waals surface area contributed by atoms with Gasteiger partial charge >= 0.3 is 6.09 Å². The van der Waals surface area contributed by atoms with Gasteiger partial charge in [0, 0.05) is 77.0 Å². The van der Waals surface area contributed by atoms with Gasteiger partial charge in [0.2, 0.25) is 11.8 Å². The quantitative estimate of drug-likeness (QED) is 0.276. The van der Waals surface area contributed by atoms with Crippen LogP contribution in [0, 0.1) is 5.82 Å². The number of hydrogen-bond acceptors (Lipinski definition) is 9. The zero-order chi connectivity index (χ0) is 28.5. The first-order chi connectivity index (χ1) is 19.4. The highest BCUT2D eigenvalue weighted by molar-refractivity contribution is 6.01. The number of anilines is 2. The highest BCUT2D eigenvalue weighted by Gasteiger charge is 2.29. The average molecular weight is 563 g/mol. The number of hydrogen-bond donors (Lipinski definition) is 3. The van der Waals surface area contributed by atoms with Gasteiger partial charge < -0.3 is 29.9 Å². The third-order valence-electron chi connectivity index (χ3n) is 7.92. The van der Waals surface area contributed by atoms with Crippen molar-refractivity contribution in [3.63, 3.8) is 0 Å². The lowest BCUT2D eigenvalue weighted by Gasteiger charge is -2.38. The summed E-state index contributed by atoms with van der Waals surface area (Å²) < 4.78 is 25.9. The molecule has 3 N–H and O–H groups in total. The van der Waals surface area contributed by atoms with Crippen LogP contribution < -0.4 is 25.6 Å². The summed E-state index contributed by atoms with van der Waals surface area (Å²) in [5.74, 6) is -0.637. The molecule has 3 aliphatic heterocycles. The summed E-state index contributed by atoms with van der Waals surface area (Å²) in [5.41, 5.74) is 0.873. The first-order valence-electron chi connectivity index (χ1n) is 14.5. The molecule has 1 aromatic rings. The van der Waals surface area contributed by atoms with Crippen LogP contribution in [0.25, 0.3) is 0 Å². The van der Waals surface area contributed by atoms with Crippen molar-refractivity contribution in [1.82, 2.24) is 20.4 Å². The number of imide groups is 1. The van der Waals surface area contributed by atoms with Crippen LogP contribution in [0.15, 0.2) is 12.1 Å². The van der Waals surface area contributed by atoms with Gasteiger partial charge in [0.25, 0.3) is 0 Å². The molecule has 4 rings (SSSR count). The van der Waals surface area contributed by atoms with Crippen molar-refractivity contribution in [3.05, 3.63) is 17.9 Å². The number of likely N-dealkylation sites (tertiary alicyclic amines) is 1.